The van der Waals surface area contributed by atoms with Crippen molar-refractivity contribution in [3.05, 3.63) is 46.5 Å². The van der Waals surface area contributed by atoms with E-state index in [9.17, 15) is 4.79 Å². The van der Waals surface area contributed by atoms with Gasteiger partial charge in [-0.25, -0.2) is 4.79 Å². The van der Waals surface area contributed by atoms with E-state index in [4.69, 9.17) is 20.9 Å². The highest BCUT2D eigenvalue weighted by atomic mass is 16.4. The zero-order chi connectivity index (χ0) is 14.0. The van der Waals surface area contributed by atoms with E-state index in [1.807, 2.05) is 18.2 Å². The van der Waals surface area contributed by atoms with Crippen molar-refractivity contribution in [3.8, 4) is 18.2 Å². The summed E-state index contributed by atoms with van der Waals surface area (Å²) in [6, 6.07) is 11.1. The van der Waals surface area contributed by atoms with E-state index >= 15 is 0 Å². The highest BCUT2D eigenvalue weighted by Gasteiger charge is 2.13. The minimum atomic E-state index is -1.17. The number of fused-ring (bicyclic) bond motifs is 1. The molecule has 0 saturated carbocycles. The number of benzene rings is 2. The Morgan fingerprint density at radius 2 is 1.58 bits per heavy atom. The summed E-state index contributed by atoms with van der Waals surface area (Å²) < 4.78 is 0. The first-order valence-electron chi connectivity index (χ1n) is 5.16. The van der Waals surface area contributed by atoms with Crippen LogP contribution in [0.5, 0.6) is 0 Å². The van der Waals surface area contributed by atoms with Crippen LogP contribution in [0.15, 0.2) is 24.3 Å². The van der Waals surface area contributed by atoms with Crippen molar-refractivity contribution < 1.29 is 9.90 Å². The van der Waals surface area contributed by atoms with Crippen molar-refractivity contribution in [1.29, 1.82) is 15.8 Å². The summed E-state index contributed by atoms with van der Waals surface area (Å²) in [7, 11) is 0. The fraction of sp³-hybridized carbons (Fsp3) is 0. The molecule has 1 N–H and O–H groups in total. The van der Waals surface area contributed by atoms with Crippen molar-refractivity contribution in [3.63, 3.8) is 0 Å². The average Bonchev–Trinajstić information content (AvgIpc) is 2.44. The summed E-state index contributed by atoms with van der Waals surface area (Å²) in [5.74, 6) is -1.17. The topological polar surface area (TPSA) is 109 Å². The van der Waals surface area contributed by atoms with Crippen LogP contribution < -0.4 is 0 Å². The smallest absolute Gasteiger partial charge is 0.335 e. The second-order valence-electron chi connectivity index (χ2n) is 3.79. The molecular formula is C14H5N3O2. The van der Waals surface area contributed by atoms with E-state index in [-0.39, 0.29) is 22.3 Å². The Bertz CT molecular complexity index is 833. The molecule has 0 aromatic heterocycles. The molecule has 0 aliphatic rings. The average molecular weight is 247 g/mol. The first kappa shape index (κ1) is 12.1. The second kappa shape index (κ2) is 4.49. The van der Waals surface area contributed by atoms with Gasteiger partial charge < -0.3 is 5.11 Å². The summed E-state index contributed by atoms with van der Waals surface area (Å²) in [4.78, 5) is 11.0. The molecule has 0 fully saturated rings. The van der Waals surface area contributed by atoms with Crippen LogP contribution in [0.3, 0.4) is 0 Å². The Hall–Kier alpha value is -3.36. The third-order valence-electron chi connectivity index (χ3n) is 2.67. The summed E-state index contributed by atoms with van der Waals surface area (Å²) in [6.45, 7) is 0. The molecule has 5 heteroatoms. The number of nitrogens with zero attached hydrogens (tertiary/aromatic N) is 3. The third-order valence-corrected chi connectivity index (χ3v) is 2.67. The Balaban J connectivity index is 3.00. The van der Waals surface area contributed by atoms with Crippen molar-refractivity contribution in [2.24, 2.45) is 0 Å². The molecule has 0 unspecified atom stereocenters. The van der Waals surface area contributed by atoms with Gasteiger partial charge in [0.1, 0.15) is 0 Å². The van der Waals surface area contributed by atoms with Gasteiger partial charge >= 0.3 is 5.97 Å². The van der Waals surface area contributed by atoms with Gasteiger partial charge in [0, 0.05) is 5.39 Å². The molecule has 2 aromatic rings. The van der Waals surface area contributed by atoms with Crippen molar-refractivity contribution in [2.45, 2.75) is 0 Å². The highest BCUT2D eigenvalue weighted by Crippen LogP contribution is 2.26. The molecule has 2 aromatic carbocycles. The number of carboxylic acid groups (broad SMARTS) is 1. The molecule has 5 nitrogen and oxygen atoms in total. The van der Waals surface area contributed by atoms with Gasteiger partial charge in [-0.05, 0) is 29.7 Å². The number of carboxylic acids is 1. The first-order chi connectivity index (χ1) is 9.10. The summed E-state index contributed by atoms with van der Waals surface area (Å²) in [5.41, 5.74) is 0.483. The normalized spacial score (nSPS) is 9.32. The van der Waals surface area contributed by atoms with Gasteiger partial charge in [-0.1, -0.05) is 0 Å². The summed E-state index contributed by atoms with van der Waals surface area (Å²) in [5, 5.41) is 36.8. The predicted octanol–water partition coefficient (Wildman–Crippen LogP) is 2.15. The fourth-order valence-electron chi connectivity index (χ4n) is 1.88. The lowest BCUT2D eigenvalue weighted by Gasteiger charge is -2.05. The monoisotopic (exact) mass is 247 g/mol. The molecule has 2 rings (SSSR count). The van der Waals surface area contributed by atoms with Crippen LogP contribution in [0, 0.1) is 34.0 Å². The van der Waals surface area contributed by atoms with E-state index in [1.54, 1.807) is 0 Å². The molecule has 0 saturated heterocycles. The van der Waals surface area contributed by atoms with E-state index < -0.39 is 5.97 Å². The maximum Gasteiger partial charge on any atom is 0.335 e. The van der Waals surface area contributed by atoms with E-state index in [0.29, 0.717) is 10.8 Å². The van der Waals surface area contributed by atoms with Crippen LogP contribution in [0.1, 0.15) is 27.0 Å². The number of aromatic carboxylic acids is 1. The van der Waals surface area contributed by atoms with Crippen LogP contribution >= 0.6 is 0 Å². The lowest BCUT2D eigenvalue weighted by molar-refractivity contribution is 0.0697. The zero-order valence-corrected chi connectivity index (χ0v) is 9.51. The largest absolute Gasteiger partial charge is 0.478 e. The maximum absolute atomic E-state index is 11.0. The van der Waals surface area contributed by atoms with Crippen LogP contribution in [0.4, 0.5) is 0 Å². The van der Waals surface area contributed by atoms with E-state index in [2.05, 4.69) is 0 Å². The van der Waals surface area contributed by atoms with Gasteiger partial charge in [-0.15, -0.1) is 0 Å². The van der Waals surface area contributed by atoms with E-state index in [1.165, 1.54) is 24.3 Å². The van der Waals surface area contributed by atoms with Crippen molar-refractivity contribution >= 4 is 16.7 Å². The molecular weight excluding hydrogens is 242 g/mol. The molecule has 88 valence electrons. The van der Waals surface area contributed by atoms with Crippen LogP contribution in [-0.4, -0.2) is 11.1 Å². The fourth-order valence-corrected chi connectivity index (χ4v) is 1.88. The second-order valence-corrected chi connectivity index (χ2v) is 3.79. The van der Waals surface area contributed by atoms with Crippen molar-refractivity contribution in [1.82, 2.24) is 0 Å². The van der Waals surface area contributed by atoms with Gasteiger partial charge in [-0.3, -0.25) is 0 Å². The number of rotatable bonds is 1. The summed E-state index contributed by atoms with van der Waals surface area (Å²) >= 11 is 0. The Morgan fingerprint density at radius 3 is 2.11 bits per heavy atom. The SMILES string of the molecule is N#Cc1cc(C#N)c2c(C#N)cc(C(=O)O)cc2c1. The first-order valence-corrected chi connectivity index (χ1v) is 5.16. The number of hydrogen-bond donors (Lipinski definition) is 1. The van der Waals surface area contributed by atoms with Gasteiger partial charge in [0.15, 0.2) is 0 Å². The van der Waals surface area contributed by atoms with Gasteiger partial charge in [0.05, 0.1) is 40.5 Å². The standard InChI is InChI=1S/C14H5N3O2/c15-5-8-1-9-3-10(14(18)19)4-12(7-17)13(9)11(2-8)6-16/h1-4H,(H,18,19). The Labute approximate surface area is 108 Å². The minimum absolute atomic E-state index is 0.0528. The lowest BCUT2D eigenvalue weighted by Crippen LogP contribution is -1.98. The predicted molar refractivity (Wildman–Crippen MR) is 65.1 cm³/mol. The van der Waals surface area contributed by atoms with Crippen molar-refractivity contribution in [2.75, 3.05) is 0 Å². The molecule has 0 radical (unpaired) electrons. The van der Waals surface area contributed by atoms with E-state index in [0.717, 1.165) is 0 Å². The highest BCUT2D eigenvalue weighted by molar-refractivity contribution is 6.00. The van der Waals surface area contributed by atoms with Gasteiger partial charge in [-0.2, -0.15) is 15.8 Å². The number of carbonyl (C=O) groups is 1. The Morgan fingerprint density at radius 1 is 0.947 bits per heavy atom. The Kier molecular flexibility index (Phi) is 2.86. The van der Waals surface area contributed by atoms with Crippen LogP contribution in [0.25, 0.3) is 10.8 Å². The third kappa shape index (κ3) is 1.95. The molecule has 0 aliphatic carbocycles. The van der Waals surface area contributed by atoms with Crippen LogP contribution in [-0.2, 0) is 0 Å². The molecule has 0 bridgehead atoms. The van der Waals surface area contributed by atoms with Gasteiger partial charge in [0.25, 0.3) is 0 Å². The lowest BCUT2D eigenvalue weighted by atomic mass is 9.95. The molecule has 0 spiro atoms. The quantitative estimate of drug-likeness (QED) is 0.830. The van der Waals surface area contributed by atoms with Gasteiger partial charge in [0.2, 0.25) is 0 Å². The van der Waals surface area contributed by atoms with Crippen LogP contribution in [0.2, 0.25) is 0 Å². The minimum Gasteiger partial charge on any atom is -0.478 e. The number of nitriles is 3. The molecule has 0 aliphatic heterocycles. The summed E-state index contributed by atoms with van der Waals surface area (Å²) in [6.07, 6.45) is 0. The molecule has 0 heterocycles. The zero-order valence-electron chi connectivity index (χ0n) is 9.51. The molecule has 0 amide bonds. The molecule has 19 heavy (non-hydrogen) atoms. The number of hydrogen-bond acceptors (Lipinski definition) is 4. The molecule has 0 atom stereocenters. The maximum atomic E-state index is 11.0.